The van der Waals surface area contributed by atoms with Crippen LogP contribution in [0.4, 0.5) is 0 Å². The summed E-state index contributed by atoms with van der Waals surface area (Å²) in [6.45, 7) is 3.91. The zero-order chi connectivity index (χ0) is 13.9. The SMILES string of the molecule is Cc1cnc(C(C)NC(=O)C2(C#N)CCCCC2)s1. The van der Waals surface area contributed by atoms with Gasteiger partial charge in [-0.05, 0) is 26.7 Å². The highest BCUT2D eigenvalue weighted by Gasteiger charge is 2.40. The van der Waals surface area contributed by atoms with Gasteiger partial charge < -0.3 is 5.32 Å². The smallest absolute Gasteiger partial charge is 0.241 e. The lowest BCUT2D eigenvalue weighted by Crippen LogP contribution is -2.42. The lowest BCUT2D eigenvalue weighted by atomic mass is 9.74. The third-order valence-corrected chi connectivity index (χ3v) is 4.81. The minimum atomic E-state index is -0.821. The first-order chi connectivity index (χ1) is 9.07. The van der Waals surface area contributed by atoms with Gasteiger partial charge in [-0.25, -0.2) is 4.98 Å². The van der Waals surface area contributed by atoms with Gasteiger partial charge in [0.15, 0.2) is 0 Å². The predicted molar refractivity (Wildman–Crippen MR) is 74.5 cm³/mol. The van der Waals surface area contributed by atoms with E-state index in [1.807, 2.05) is 20.0 Å². The van der Waals surface area contributed by atoms with Crippen molar-refractivity contribution in [2.45, 2.75) is 52.0 Å². The molecule has 4 nitrogen and oxygen atoms in total. The Kier molecular flexibility index (Phi) is 4.20. The second-order valence-electron chi connectivity index (χ2n) is 5.26. The van der Waals surface area contributed by atoms with Crippen LogP contribution < -0.4 is 5.32 Å². The Morgan fingerprint density at radius 1 is 1.53 bits per heavy atom. The van der Waals surface area contributed by atoms with Gasteiger partial charge in [-0.3, -0.25) is 4.79 Å². The van der Waals surface area contributed by atoms with Crippen LogP contribution in [0.5, 0.6) is 0 Å². The first-order valence-electron chi connectivity index (χ1n) is 6.72. The minimum absolute atomic E-state index is 0.127. The molecular weight excluding hydrogens is 258 g/mol. The maximum absolute atomic E-state index is 12.4. The van der Waals surface area contributed by atoms with Gasteiger partial charge in [0.25, 0.3) is 0 Å². The van der Waals surface area contributed by atoms with E-state index in [2.05, 4.69) is 16.4 Å². The summed E-state index contributed by atoms with van der Waals surface area (Å²) in [6.07, 6.45) is 6.22. The van der Waals surface area contributed by atoms with Gasteiger partial charge in [0, 0.05) is 11.1 Å². The van der Waals surface area contributed by atoms with E-state index in [4.69, 9.17) is 0 Å². The Morgan fingerprint density at radius 3 is 2.74 bits per heavy atom. The molecule has 1 aliphatic rings. The van der Waals surface area contributed by atoms with E-state index >= 15 is 0 Å². The standard InChI is InChI=1S/C14H19N3OS/c1-10-8-16-12(19-10)11(2)17-13(18)14(9-15)6-4-3-5-7-14/h8,11H,3-7H2,1-2H3,(H,17,18). The number of rotatable bonds is 3. The number of carbonyl (C=O) groups excluding carboxylic acids is 1. The highest BCUT2D eigenvalue weighted by Crippen LogP contribution is 2.36. The topological polar surface area (TPSA) is 65.8 Å². The summed E-state index contributed by atoms with van der Waals surface area (Å²) in [5, 5.41) is 13.2. The average Bonchev–Trinajstić information content (AvgIpc) is 2.86. The Labute approximate surface area is 117 Å². The number of aromatic nitrogens is 1. The molecule has 0 aliphatic heterocycles. The average molecular weight is 277 g/mol. The second-order valence-corrected chi connectivity index (χ2v) is 6.53. The number of carbonyl (C=O) groups is 1. The highest BCUT2D eigenvalue weighted by atomic mass is 32.1. The summed E-state index contributed by atoms with van der Waals surface area (Å²) < 4.78 is 0. The van der Waals surface area contributed by atoms with Crippen LogP contribution in [0.25, 0.3) is 0 Å². The van der Waals surface area contributed by atoms with E-state index < -0.39 is 5.41 Å². The van der Waals surface area contributed by atoms with Crippen LogP contribution in [-0.4, -0.2) is 10.9 Å². The molecule has 0 radical (unpaired) electrons. The van der Waals surface area contributed by atoms with Crippen molar-refractivity contribution in [3.63, 3.8) is 0 Å². The van der Waals surface area contributed by atoms with Crippen LogP contribution in [0, 0.1) is 23.7 Å². The van der Waals surface area contributed by atoms with Crippen LogP contribution in [0.15, 0.2) is 6.20 Å². The molecule has 0 aromatic carbocycles. The van der Waals surface area contributed by atoms with Crippen LogP contribution >= 0.6 is 11.3 Å². The minimum Gasteiger partial charge on any atom is -0.346 e. The van der Waals surface area contributed by atoms with Crippen molar-refractivity contribution in [2.75, 3.05) is 0 Å². The summed E-state index contributed by atoms with van der Waals surface area (Å²) in [5.74, 6) is -0.130. The van der Waals surface area contributed by atoms with Gasteiger partial charge in [-0.15, -0.1) is 11.3 Å². The van der Waals surface area contributed by atoms with Gasteiger partial charge in [0.2, 0.25) is 5.91 Å². The Bertz CT molecular complexity index is 497. The first kappa shape index (κ1) is 14.0. The van der Waals surface area contributed by atoms with E-state index in [9.17, 15) is 10.1 Å². The lowest BCUT2D eigenvalue weighted by molar-refractivity contribution is -0.130. The lowest BCUT2D eigenvalue weighted by Gasteiger charge is -2.30. The fourth-order valence-corrected chi connectivity index (χ4v) is 3.29. The molecule has 1 saturated carbocycles. The molecule has 1 aliphatic carbocycles. The summed E-state index contributed by atoms with van der Waals surface area (Å²) in [6, 6.07) is 2.12. The number of nitrogens with one attached hydrogen (secondary N) is 1. The molecule has 19 heavy (non-hydrogen) atoms. The Balaban J connectivity index is 2.05. The Morgan fingerprint density at radius 2 is 2.21 bits per heavy atom. The van der Waals surface area contributed by atoms with Gasteiger partial charge >= 0.3 is 0 Å². The molecule has 0 spiro atoms. The van der Waals surface area contributed by atoms with Crippen molar-refractivity contribution < 1.29 is 4.79 Å². The highest BCUT2D eigenvalue weighted by molar-refractivity contribution is 7.11. The van der Waals surface area contributed by atoms with Crippen LogP contribution in [0.3, 0.4) is 0 Å². The molecule has 102 valence electrons. The van der Waals surface area contributed by atoms with E-state index in [0.29, 0.717) is 12.8 Å². The maximum atomic E-state index is 12.4. The number of aryl methyl sites for hydroxylation is 1. The zero-order valence-corrected chi connectivity index (χ0v) is 12.2. The molecule has 5 heteroatoms. The number of nitriles is 1. The molecule has 1 heterocycles. The van der Waals surface area contributed by atoms with Crippen molar-refractivity contribution in [2.24, 2.45) is 5.41 Å². The number of thiazole rings is 1. The van der Waals surface area contributed by atoms with Crippen molar-refractivity contribution in [1.82, 2.24) is 10.3 Å². The quantitative estimate of drug-likeness (QED) is 0.923. The molecule has 1 atom stereocenters. The molecule has 1 aromatic heterocycles. The van der Waals surface area contributed by atoms with Crippen LogP contribution in [0.1, 0.15) is 55.0 Å². The predicted octanol–water partition coefficient (Wildman–Crippen LogP) is 3.10. The summed E-state index contributed by atoms with van der Waals surface area (Å²) in [7, 11) is 0. The van der Waals surface area contributed by atoms with Crippen molar-refractivity contribution in [3.8, 4) is 6.07 Å². The molecule has 1 aromatic rings. The van der Waals surface area contributed by atoms with Crippen molar-refractivity contribution in [1.29, 1.82) is 5.26 Å². The fraction of sp³-hybridized carbons (Fsp3) is 0.643. The van der Waals surface area contributed by atoms with Gasteiger partial charge in [0.1, 0.15) is 10.4 Å². The summed E-state index contributed by atoms with van der Waals surface area (Å²) >= 11 is 1.58. The zero-order valence-electron chi connectivity index (χ0n) is 11.4. The number of hydrogen-bond acceptors (Lipinski definition) is 4. The molecular formula is C14H19N3OS. The largest absolute Gasteiger partial charge is 0.346 e. The van der Waals surface area contributed by atoms with Gasteiger partial charge in [-0.1, -0.05) is 19.3 Å². The molecule has 1 unspecified atom stereocenters. The molecule has 2 rings (SSSR count). The maximum Gasteiger partial charge on any atom is 0.241 e. The van der Waals surface area contributed by atoms with E-state index in [0.717, 1.165) is 29.1 Å². The van der Waals surface area contributed by atoms with Gasteiger partial charge in [-0.2, -0.15) is 5.26 Å². The molecule has 1 amide bonds. The summed E-state index contributed by atoms with van der Waals surface area (Å²) in [4.78, 5) is 17.8. The monoisotopic (exact) mass is 277 g/mol. The Hall–Kier alpha value is -1.41. The van der Waals surface area contributed by atoms with Crippen LogP contribution in [-0.2, 0) is 4.79 Å². The van der Waals surface area contributed by atoms with Crippen LogP contribution in [0.2, 0.25) is 0 Å². The number of amides is 1. The molecule has 1 fully saturated rings. The third kappa shape index (κ3) is 2.95. The molecule has 0 saturated heterocycles. The summed E-state index contributed by atoms with van der Waals surface area (Å²) in [5.41, 5.74) is -0.821. The third-order valence-electron chi connectivity index (χ3n) is 3.71. The van der Waals surface area contributed by atoms with E-state index in [1.54, 1.807) is 11.3 Å². The second kappa shape index (κ2) is 5.70. The van der Waals surface area contributed by atoms with Gasteiger partial charge in [0.05, 0.1) is 12.1 Å². The number of hydrogen-bond donors (Lipinski definition) is 1. The van der Waals surface area contributed by atoms with E-state index in [1.165, 1.54) is 0 Å². The number of nitrogens with zero attached hydrogens (tertiary/aromatic N) is 2. The van der Waals surface area contributed by atoms with Crippen molar-refractivity contribution in [3.05, 3.63) is 16.1 Å². The fourth-order valence-electron chi connectivity index (χ4n) is 2.51. The normalized spacial score (nSPS) is 19.4. The first-order valence-corrected chi connectivity index (χ1v) is 7.53. The van der Waals surface area contributed by atoms with E-state index in [-0.39, 0.29) is 11.9 Å². The molecule has 0 bridgehead atoms. The molecule has 1 N–H and O–H groups in total. The van der Waals surface area contributed by atoms with Crippen molar-refractivity contribution >= 4 is 17.2 Å².